The molecular weight excluding hydrogens is 334 g/mol. The van der Waals surface area contributed by atoms with Crippen LogP contribution >= 0.6 is 11.6 Å². The minimum Gasteiger partial charge on any atom is -0.497 e. The molecule has 3 rings (SSSR count). The zero-order chi connectivity index (χ0) is 17.9. The second kappa shape index (κ2) is 7.00. The average Bonchev–Trinajstić information content (AvgIpc) is 3.13. The van der Waals surface area contributed by atoms with Gasteiger partial charge in [0.2, 0.25) is 0 Å². The number of hydrogen-bond acceptors (Lipinski definition) is 3. The van der Waals surface area contributed by atoms with Crippen molar-refractivity contribution in [3.8, 4) is 11.8 Å². The van der Waals surface area contributed by atoms with Crippen LogP contribution in [0.5, 0.6) is 5.75 Å². The van der Waals surface area contributed by atoms with Gasteiger partial charge in [0.05, 0.1) is 13.2 Å². The molecule has 0 fully saturated rings. The first-order valence-electron chi connectivity index (χ1n) is 7.90. The Bertz CT molecular complexity index is 898. The third-order valence-corrected chi connectivity index (χ3v) is 4.66. The van der Waals surface area contributed by atoms with Crippen molar-refractivity contribution in [1.82, 2.24) is 9.97 Å². The van der Waals surface area contributed by atoms with Crippen molar-refractivity contribution in [3.63, 3.8) is 0 Å². The predicted octanol–water partition coefficient (Wildman–Crippen LogP) is 4.43. The lowest BCUT2D eigenvalue weighted by Gasteiger charge is -2.28. The third-order valence-electron chi connectivity index (χ3n) is 4.35. The molecule has 5 heteroatoms. The second-order valence-corrected chi connectivity index (χ2v) is 6.35. The minimum absolute atomic E-state index is 0.394. The zero-order valence-electron chi connectivity index (χ0n) is 14.1. The summed E-state index contributed by atoms with van der Waals surface area (Å²) >= 11 is 6.53. The Morgan fingerprint density at radius 2 is 2.00 bits per heavy atom. The zero-order valence-corrected chi connectivity index (χ0v) is 14.8. The van der Waals surface area contributed by atoms with E-state index in [4.69, 9.17) is 16.3 Å². The van der Waals surface area contributed by atoms with Crippen molar-refractivity contribution in [2.45, 2.75) is 18.8 Å². The molecule has 0 aliphatic heterocycles. The van der Waals surface area contributed by atoms with Gasteiger partial charge in [-0.3, -0.25) is 0 Å². The Labute approximate surface area is 152 Å². The van der Waals surface area contributed by atoms with Crippen LogP contribution in [-0.2, 0) is 11.8 Å². The number of nitriles is 1. The Morgan fingerprint density at radius 3 is 2.56 bits per heavy atom. The summed E-state index contributed by atoms with van der Waals surface area (Å²) in [6.07, 6.45) is 3.83. The number of hydrogen-bond donors (Lipinski definition) is 1. The molecule has 0 saturated heterocycles. The van der Waals surface area contributed by atoms with Crippen LogP contribution in [0.3, 0.4) is 0 Å². The van der Waals surface area contributed by atoms with E-state index in [2.05, 4.69) is 16.0 Å². The Morgan fingerprint density at radius 1 is 1.24 bits per heavy atom. The fraction of sp³-hybridized carbons (Fsp3) is 0.200. The molecule has 1 unspecified atom stereocenters. The highest BCUT2D eigenvalue weighted by Crippen LogP contribution is 2.39. The summed E-state index contributed by atoms with van der Waals surface area (Å²) < 4.78 is 5.24. The molecule has 0 saturated carbocycles. The minimum atomic E-state index is -0.949. The van der Waals surface area contributed by atoms with Gasteiger partial charge >= 0.3 is 0 Å². The molecule has 3 aromatic rings. The summed E-state index contributed by atoms with van der Waals surface area (Å²) in [6, 6.07) is 15.8. The SMILES string of the molecule is COc1ccc(C(C#N)(Cc2ncc[nH]2)c2ccc(C)cc2Cl)cc1. The second-order valence-electron chi connectivity index (χ2n) is 5.94. The summed E-state index contributed by atoms with van der Waals surface area (Å²) in [5.74, 6) is 1.47. The van der Waals surface area contributed by atoms with Crippen LogP contribution in [0.15, 0.2) is 54.9 Å². The van der Waals surface area contributed by atoms with Gasteiger partial charge < -0.3 is 9.72 Å². The van der Waals surface area contributed by atoms with Gasteiger partial charge in [-0.05, 0) is 41.8 Å². The summed E-state index contributed by atoms with van der Waals surface area (Å²) in [5.41, 5.74) is 1.71. The van der Waals surface area contributed by atoms with Gasteiger partial charge in [-0.2, -0.15) is 5.26 Å². The molecule has 0 amide bonds. The molecule has 2 aromatic carbocycles. The fourth-order valence-corrected chi connectivity index (χ4v) is 3.40. The number of nitrogens with zero attached hydrogens (tertiary/aromatic N) is 2. The number of aryl methyl sites for hydroxylation is 1. The van der Waals surface area contributed by atoms with E-state index in [1.54, 1.807) is 19.5 Å². The van der Waals surface area contributed by atoms with E-state index in [0.29, 0.717) is 11.4 Å². The van der Waals surface area contributed by atoms with Gasteiger partial charge in [0.1, 0.15) is 17.0 Å². The van der Waals surface area contributed by atoms with Crippen molar-refractivity contribution in [1.29, 1.82) is 5.26 Å². The van der Waals surface area contributed by atoms with Crippen LogP contribution in [0, 0.1) is 18.3 Å². The number of methoxy groups -OCH3 is 1. The molecule has 0 aliphatic carbocycles. The number of nitrogens with one attached hydrogen (secondary N) is 1. The van der Waals surface area contributed by atoms with Crippen molar-refractivity contribution in [3.05, 3.63) is 82.4 Å². The van der Waals surface area contributed by atoms with Crippen molar-refractivity contribution in [2.75, 3.05) is 7.11 Å². The highest BCUT2D eigenvalue weighted by molar-refractivity contribution is 6.31. The first kappa shape index (κ1) is 17.1. The molecule has 4 nitrogen and oxygen atoms in total. The van der Waals surface area contributed by atoms with E-state index in [1.165, 1.54) is 0 Å². The number of H-pyrrole nitrogens is 1. The van der Waals surface area contributed by atoms with E-state index in [1.807, 2.05) is 49.4 Å². The lowest BCUT2D eigenvalue weighted by molar-refractivity contribution is 0.414. The van der Waals surface area contributed by atoms with Crippen LogP contribution in [0.4, 0.5) is 0 Å². The van der Waals surface area contributed by atoms with Gasteiger partial charge in [-0.15, -0.1) is 0 Å². The summed E-state index contributed by atoms with van der Waals surface area (Å²) in [5, 5.41) is 10.8. The fourth-order valence-electron chi connectivity index (χ4n) is 3.00. The van der Waals surface area contributed by atoms with Crippen LogP contribution in [0.25, 0.3) is 0 Å². The van der Waals surface area contributed by atoms with E-state index in [9.17, 15) is 5.26 Å². The first-order valence-corrected chi connectivity index (χ1v) is 8.27. The number of ether oxygens (including phenoxy) is 1. The Kier molecular flexibility index (Phi) is 4.78. The van der Waals surface area contributed by atoms with Gasteiger partial charge in [0.25, 0.3) is 0 Å². The molecule has 1 atom stereocenters. The number of aromatic nitrogens is 2. The molecule has 1 heterocycles. The molecule has 1 N–H and O–H groups in total. The van der Waals surface area contributed by atoms with Crippen molar-refractivity contribution < 1.29 is 4.74 Å². The Hall–Kier alpha value is -2.77. The van der Waals surface area contributed by atoms with Crippen LogP contribution in [-0.4, -0.2) is 17.1 Å². The molecule has 25 heavy (non-hydrogen) atoms. The van der Waals surface area contributed by atoms with E-state index < -0.39 is 5.41 Å². The monoisotopic (exact) mass is 351 g/mol. The number of aromatic amines is 1. The smallest absolute Gasteiger partial charge is 0.118 e. The van der Waals surface area contributed by atoms with Crippen molar-refractivity contribution >= 4 is 11.6 Å². The van der Waals surface area contributed by atoms with Gasteiger partial charge in [0, 0.05) is 23.8 Å². The van der Waals surface area contributed by atoms with Gasteiger partial charge in [-0.25, -0.2) is 4.98 Å². The number of rotatable bonds is 5. The molecule has 0 bridgehead atoms. The molecule has 0 spiro atoms. The highest BCUT2D eigenvalue weighted by atomic mass is 35.5. The first-order chi connectivity index (χ1) is 12.1. The quantitative estimate of drug-likeness (QED) is 0.739. The average molecular weight is 352 g/mol. The van der Waals surface area contributed by atoms with Crippen LogP contribution in [0.1, 0.15) is 22.5 Å². The largest absolute Gasteiger partial charge is 0.497 e. The van der Waals surface area contributed by atoms with Gasteiger partial charge in [-0.1, -0.05) is 35.9 Å². The molecule has 0 radical (unpaired) electrons. The number of halogens is 1. The predicted molar refractivity (Wildman–Crippen MR) is 97.9 cm³/mol. The summed E-state index contributed by atoms with van der Waals surface area (Å²) in [6.45, 7) is 1.98. The molecular formula is C20H18ClN3O. The maximum Gasteiger partial charge on any atom is 0.118 e. The third kappa shape index (κ3) is 3.24. The van der Waals surface area contributed by atoms with Gasteiger partial charge in [0.15, 0.2) is 0 Å². The normalized spacial score (nSPS) is 13.0. The summed E-state index contributed by atoms with van der Waals surface area (Å²) in [4.78, 5) is 7.40. The summed E-state index contributed by atoms with van der Waals surface area (Å²) in [7, 11) is 1.62. The number of benzene rings is 2. The molecule has 126 valence electrons. The van der Waals surface area contributed by atoms with E-state index in [-0.39, 0.29) is 0 Å². The maximum atomic E-state index is 10.2. The van der Waals surface area contributed by atoms with E-state index in [0.717, 1.165) is 28.3 Å². The van der Waals surface area contributed by atoms with Crippen molar-refractivity contribution in [2.24, 2.45) is 0 Å². The van der Waals surface area contributed by atoms with Crippen LogP contribution < -0.4 is 4.74 Å². The van der Waals surface area contributed by atoms with Crippen LogP contribution in [0.2, 0.25) is 5.02 Å². The molecule has 1 aromatic heterocycles. The Balaban J connectivity index is 2.20. The van der Waals surface area contributed by atoms with E-state index >= 15 is 0 Å². The molecule has 0 aliphatic rings. The maximum absolute atomic E-state index is 10.2. The lowest BCUT2D eigenvalue weighted by atomic mass is 9.72. The number of imidazole rings is 1. The standard InChI is InChI=1S/C20H18ClN3O/c1-14-3-8-17(18(21)11-14)20(13-22,12-19-23-9-10-24-19)15-4-6-16(25-2)7-5-15/h3-11H,12H2,1-2H3,(H,23,24). The lowest BCUT2D eigenvalue weighted by Crippen LogP contribution is -2.29. The topological polar surface area (TPSA) is 61.7 Å². The highest BCUT2D eigenvalue weighted by Gasteiger charge is 2.37.